The lowest BCUT2D eigenvalue weighted by Gasteiger charge is -2.27. The molecule has 2 aromatic carbocycles. The molecule has 0 spiro atoms. The minimum atomic E-state index is -0.209. The van der Waals surface area contributed by atoms with Crippen molar-refractivity contribution in [2.24, 2.45) is 0 Å². The molecule has 1 N–H and O–H groups in total. The molecule has 1 atom stereocenters. The number of rotatable bonds is 5. The van der Waals surface area contributed by atoms with E-state index in [1.807, 2.05) is 55.6 Å². The number of nitrogens with zero attached hydrogens (tertiary/aromatic N) is 3. The Morgan fingerprint density at radius 1 is 1.13 bits per heavy atom. The number of nitrogens with one attached hydrogen (secondary N) is 1. The van der Waals surface area contributed by atoms with Crippen molar-refractivity contribution in [2.45, 2.75) is 43.4 Å². The van der Waals surface area contributed by atoms with Gasteiger partial charge >= 0.3 is 0 Å². The zero-order chi connectivity index (χ0) is 21.4. The highest BCUT2D eigenvalue weighted by molar-refractivity contribution is 7.99. The maximum atomic E-state index is 13.3. The maximum absolute atomic E-state index is 13.3. The van der Waals surface area contributed by atoms with E-state index >= 15 is 0 Å². The molecule has 6 nitrogen and oxygen atoms in total. The van der Waals surface area contributed by atoms with Gasteiger partial charge in [-0.15, -0.1) is 0 Å². The number of benzene rings is 2. The number of para-hydroxylation sites is 2. The molecule has 158 valence electrons. The van der Waals surface area contributed by atoms with Crippen molar-refractivity contribution in [1.29, 1.82) is 0 Å². The largest absolute Gasteiger partial charge is 0.324 e. The molecule has 1 unspecified atom stereocenters. The van der Waals surface area contributed by atoms with Crippen molar-refractivity contribution in [3.8, 4) is 11.3 Å². The van der Waals surface area contributed by atoms with E-state index in [1.54, 1.807) is 4.90 Å². The molecule has 31 heavy (non-hydrogen) atoms. The number of hydrogen-bond acceptors (Lipinski definition) is 4. The summed E-state index contributed by atoms with van der Waals surface area (Å²) >= 11 is 1.47. The Kier molecular flexibility index (Phi) is 5.28. The number of carbonyl (C=O) groups excluding carboxylic acids is 2. The van der Waals surface area contributed by atoms with Crippen LogP contribution in [0.5, 0.6) is 0 Å². The summed E-state index contributed by atoms with van der Waals surface area (Å²) in [5, 5.41) is 3.78. The summed E-state index contributed by atoms with van der Waals surface area (Å²) in [5.41, 5.74) is 3.67. The van der Waals surface area contributed by atoms with Crippen LogP contribution in [0.4, 0.5) is 11.4 Å². The Balaban J connectivity index is 1.39. The third kappa shape index (κ3) is 3.97. The predicted molar refractivity (Wildman–Crippen MR) is 123 cm³/mol. The lowest BCUT2D eigenvalue weighted by Crippen LogP contribution is -2.40. The molecule has 2 amide bonds. The minimum Gasteiger partial charge on any atom is -0.324 e. The fraction of sp³-hybridized carbons (Fsp3) is 0.292. The standard InChI is InChI=1S/C24H24N4O2S/c1-16-13-22(29)26-19-9-5-6-10-20(19)27(16)23(30)15-31-24-25-14-21(28(24)18-11-12-18)17-7-3-2-4-8-17/h2-10,14,16,18H,11-13,15H2,1H3,(H,26,29). The first kappa shape index (κ1) is 19.9. The number of anilines is 2. The second-order valence-electron chi connectivity index (χ2n) is 8.06. The van der Waals surface area contributed by atoms with Gasteiger partial charge in [-0.25, -0.2) is 4.98 Å². The molecule has 1 aromatic heterocycles. The Morgan fingerprint density at radius 2 is 1.87 bits per heavy atom. The van der Waals surface area contributed by atoms with Crippen molar-refractivity contribution >= 4 is 35.0 Å². The van der Waals surface area contributed by atoms with Gasteiger partial charge < -0.3 is 14.8 Å². The second kappa shape index (κ2) is 8.23. The number of thioether (sulfide) groups is 1. The molecule has 2 heterocycles. The van der Waals surface area contributed by atoms with Crippen molar-refractivity contribution in [3.63, 3.8) is 0 Å². The highest BCUT2D eigenvalue weighted by Gasteiger charge is 2.32. The highest BCUT2D eigenvalue weighted by Crippen LogP contribution is 2.42. The average Bonchev–Trinajstić information content (AvgIpc) is 3.54. The summed E-state index contributed by atoms with van der Waals surface area (Å²) in [4.78, 5) is 31.9. The number of imidazole rings is 1. The van der Waals surface area contributed by atoms with E-state index in [-0.39, 0.29) is 30.0 Å². The lowest BCUT2D eigenvalue weighted by molar-refractivity contribution is -0.117. The van der Waals surface area contributed by atoms with E-state index in [9.17, 15) is 9.59 Å². The Morgan fingerprint density at radius 3 is 2.65 bits per heavy atom. The zero-order valence-electron chi connectivity index (χ0n) is 17.3. The Bertz CT molecular complexity index is 1120. The summed E-state index contributed by atoms with van der Waals surface area (Å²) < 4.78 is 2.28. The molecule has 1 saturated carbocycles. The van der Waals surface area contributed by atoms with Crippen LogP contribution in [0.3, 0.4) is 0 Å². The normalized spacial score (nSPS) is 18.3. The molecule has 0 radical (unpaired) electrons. The molecule has 3 aromatic rings. The number of carbonyl (C=O) groups is 2. The first-order chi connectivity index (χ1) is 15.1. The third-order valence-corrected chi connectivity index (χ3v) is 6.65. The first-order valence-corrected chi connectivity index (χ1v) is 11.6. The molecule has 0 saturated heterocycles. The Labute approximate surface area is 185 Å². The first-order valence-electron chi connectivity index (χ1n) is 10.6. The van der Waals surface area contributed by atoms with Crippen LogP contribution in [-0.2, 0) is 9.59 Å². The van der Waals surface area contributed by atoms with E-state index in [1.165, 1.54) is 11.8 Å². The molecule has 7 heteroatoms. The summed E-state index contributed by atoms with van der Waals surface area (Å²) in [7, 11) is 0. The fourth-order valence-electron chi connectivity index (χ4n) is 4.12. The van der Waals surface area contributed by atoms with Crippen LogP contribution < -0.4 is 10.2 Å². The summed E-state index contributed by atoms with van der Waals surface area (Å²) in [6.07, 6.45) is 4.47. The zero-order valence-corrected chi connectivity index (χ0v) is 18.1. The van der Waals surface area contributed by atoms with Crippen LogP contribution in [0.25, 0.3) is 11.3 Å². The van der Waals surface area contributed by atoms with Crippen molar-refractivity contribution in [1.82, 2.24) is 9.55 Å². The van der Waals surface area contributed by atoms with Crippen molar-refractivity contribution in [3.05, 3.63) is 60.8 Å². The molecular formula is C24H24N4O2S. The minimum absolute atomic E-state index is 0.0203. The van der Waals surface area contributed by atoms with E-state index in [2.05, 4.69) is 27.0 Å². The fourth-order valence-corrected chi connectivity index (χ4v) is 5.03. The molecule has 5 rings (SSSR count). The number of aromatic nitrogens is 2. The van der Waals surface area contributed by atoms with Crippen LogP contribution in [0.2, 0.25) is 0 Å². The van der Waals surface area contributed by atoms with Crippen molar-refractivity contribution in [2.75, 3.05) is 16.0 Å². The van der Waals surface area contributed by atoms with Gasteiger partial charge in [-0.05, 0) is 37.5 Å². The molecule has 2 aliphatic rings. The van der Waals surface area contributed by atoms with Gasteiger partial charge in [-0.1, -0.05) is 54.2 Å². The SMILES string of the molecule is CC1CC(=O)Nc2ccccc2N1C(=O)CSc1ncc(-c2ccccc2)n1C1CC1. The van der Waals surface area contributed by atoms with E-state index in [0.29, 0.717) is 11.7 Å². The smallest absolute Gasteiger partial charge is 0.237 e. The van der Waals surface area contributed by atoms with Crippen LogP contribution in [0.15, 0.2) is 66.0 Å². The highest BCUT2D eigenvalue weighted by atomic mass is 32.2. The van der Waals surface area contributed by atoms with Gasteiger partial charge in [-0.3, -0.25) is 9.59 Å². The quantitative estimate of drug-likeness (QED) is 0.592. The molecule has 1 aliphatic heterocycles. The van der Waals surface area contributed by atoms with Gasteiger partial charge in [0.25, 0.3) is 0 Å². The van der Waals surface area contributed by atoms with E-state index in [0.717, 1.165) is 34.9 Å². The molecule has 0 bridgehead atoms. The number of amides is 2. The monoisotopic (exact) mass is 432 g/mol. The van der Waals surface area contributed by atoms with Gasteiger partial charge in [0.2, 0.25) is 11.8 Å². The van der Waals surface area contributed by atoms with Crippen LogP contribution >= 0.6 is 11.8 Å². The average molecular weight is 433 g/mol. The van der Waals surface area contributed by atoms with Gasteiger partial charge in [-0.2, -0.15) is 0 Å². The Hall–Kier alpha value is -3.06. The van der Waals surface area contributed by atoms with Crippen LogP contribution in [0.1, 0.15) is 32.2 Å². The predicted octanol–water partition coefficient (Wildman–Crippen LogP) is 4.74. The van der Waals surface area contributed by atoms with E-state index in [4.69, 9.17) is 0 Å². The lowest BCUT2D eigenvalue weighted by atomic mass is 10.2. The topological polar surface area (TPSA) is 67.2 Å². The van der Waals surface area contributed by atoms with Gasteiger partial charge in [0.15, 0.2) is 5.16 Å². The summed E-state index contributed by atoms with van der Waals surface area (Å²) in [6.45, 7) is 1.92. The van der Waals surface area contributed by atoms with Gasteiger partial charge in [0.05, 0.1) is 29.0 Å². The van der Waals surface area contributed by atoms with Crippen molar-refractivity contribution < 1.29 is 9.59 Å². The molecule has 1 fully saturated rings. The second-order valence-corrected chi connectivity index (χ2v) is 9.01. The molecule has 1 aliphatic carbocycles. The summed E-state index contributed by atoms with van der Waals surface area (Å²) in [5.74, 6) is 0.179. The van der Waals surface area contributed by atoms with Gasteiger partial charge in [0.1, 0.15) is 0 Å². The van der Waals surface area contributed by atoms with Crippen LogP contribution in [-0.4, -0.2) is 33.2 Å². The number of fused-ring (bicyclic) bond motifs is 1. The third-order valence-electron chi connectivity index (χ3n) is 5.70. The summed E-state index contributed by atoms with van der Waals surface area (Å²) in [6, 6.07) is 18.0. The maximum Gasteiger partial charge on any atom is 0.237 e. The van der Waals surface area contributed by atoms with Crippen LogP contribution in [0, 0.1) is 0 Å². The molecular weight excluding hydrogens is 408 g/mol. The van der Waals surface area contributed by atoms with E-state index < -0.39 is 0 Å². The van der Waals surface area contributed by atoms with Gasteiger partial charge in [0, 0.05) is 18.5 Å². The number of hydrogen-bond donors (Lipinski definition) is 1.